The molecule has 0 radical (unpaired) electrons. The third kappa shape index (κ3) is 2.26. The number of hydrogen-bond donors (Lipinski definition) is 2. The molecule has 0 saturated carbocycles. The van der Waals surface area contributed by atoms with Gasteiger partial charge < -0.3 is 10.8 Å². The predicted octanol–water partition coefficient (Wildman–Crippen LogP) is 1.76. The van der Waals surface area contributed by atoms with E-state index in [2.05, 4.69) is 9.97 Å². The number of aliphatic hydroxyl groups is 1. The largest absolute Gasteiger partial charge is 0.383 e. The Labute approximate surface area is 100 Å². The van der Waals surface area contributed by atoms with Crippen LogP contribution in [-0.4, -0.2) is 15.1 Å². The summed E-state index contributed by atoms with van der Waals surface area (Å²) < 4.78 is 0. The number of nitrogens with two attached hydrogens (primary N) is 1. The lowest BCUT2D eigenvalue weighted by atomic mass is 10.0. The smallest absolute Gasteiger partial charge is 0.129 e. The number of aromatic nitrogens is 2. The Morgan fingerprint density at radius 2 is 2.06 bits per heavy atom. The Balaban J connectivity index is 2.47. The lowest BCUT2D eigenvalue weighted by Crippen LogP contribution is -2.08. The lowest BCUT2D eigenvalue weighted by molar-refractivity contribution is 0.215. The zero-order chi connectivity index (χ0) is 12.4. The molecule has 17 heavy (non-hydrogen) atoms. The molecule has 0 aliphatic heterocycles. The molecular formula is C13H15N3O. The van der Waals surface area contributed by atoms with Crippen LogP contribution in [0, 0.1) is 13.8 Å². The first-order valence-electron chi connectivity index (χ1n) is 5.41. The molecular weight excluding hydrogens is 214 g/mol. The normalized spacial score (nSPS) is 12.4. The van der Waals surface area contributed by atoms with Crippen molar-refractivity contribution < 1.29 is 5.11 Å². The fraction of sp³-hybridized carbons (Fsp3) is 0.231. The van der Waals surface area contributed by atoms with Crippen LogP contribution >= 0.6 is 0 Å². The first-order valence-corrected chi connectivity index (χ1v) is 5.41. The average Bonchev–Trinajstić information content (AvgIpc) is 2.32. The van der Waals surface area contributed by atoms with Gasteiger partial charge in [-0.25, -0.2) is 4.98 Å². The molecule has 0 saturated heterocycles. The molecule has 2 aromatic heterocycles. The molecule has 0 amide bonds. The Bertz CT molecular complexity index is 540. The summed E-state index contributed by atoms with van der Waals surface area (Å²) >= 11 is 0. The second kappa shape index (κ2) is 4.51. The maximum Gasteiger partial charge on any atom is 0.129 e. The van der Waals surface area contributed by atoms with E-state index in [1.165, 1.54) is 0 Å². The number of aliphatic hydroxyl groups excluding tert-OH is 1. The van der Waals surface area contributed by atoms with E-state index in [4.69, 9.17) is 5.73 Å². The third-order valence-corrected chi connectivity index (χ3v) is 2.69. The molecule has 4 nitrogen and oxygen atoms in total. The molecule has 2 rings (SSSR count). The summed E-state index contributed by atoms with van der Waals surface area (Å²) in [4.78, 5) is 8.24. The Kier molecular flexibility index (Phi) is 3.06. The van der Waals surface area contributed by atoms with Gasteiger partial charge in [0.25, 0.3) is 0 Å². The van der Waals surface area contributed by atoms with Gasteiger partial charge in [0, 0.05) is 18.0 Å². The molecule has 1 atom stereocenters. The van der Waals surface area contributed by atoms with Crippen LogP contribution < -0.4 is 5.73 Å². The molecule has 2 heterocycles. The highest BCUT2D eigenvalue weighted by molar-refractivity contribution is 5.45. The van der Waals surface area contributed by atoms with Crippen molar-refractivity contribution >= 4 is 5.82 Å². The molecule has 0 aromatic carbocycles. The van der Waals surface area contributed by atoms with Gasteiger partial charge in [-0.15, -0.1) is 0 Å². The van der Waals surface area contributed by atoms with Crippen LogP contribution in [0.5, 0.6) is 0 Å². The van der Waals surface area contributed by atoms with E-state index in [1.54, 1.807) is 12.4 Å². The zero-order valence-electron chi connectivity index (χ0n) is 9.88. The minimum Gasteiger partial charge on any atom is -0.383 e. The van der Waals surface area contributed by atoms with E-state index < -0.39 is 6.10 Å². The summed E-state index contributed by atoms with van der Waals surface area (Å²) in [7, 11) is 0. The van der Waals surface area contributed by atoms with Crippen LogP contribution in [0.15, 0.2) is 30.6 Å². The van der Waals surface area contributed by atoms with Crippen molar-refractivity contribution in [3.63, 3.8) is 0 Å². The molecule has 0 spiro atoms. The lowest BCUT2D eigenvalue weighted by Gasteiger charge is -2.14. The monoisotopic (exact) mass is 229 g/mol. The maximum atomic E-state index is 10.3. The van der Waals surface area contributed by atoms with Crippen molar-refractivity contribution in [2.24, 2.45) is 0 Å². The summed E-state index contributed by atoms with van der Waals surface area (Å²) in [5.41, 5.74) is 8.89. The Hall–Kier alpha value is -1.94. The fourth-order valence-electron chi connectivity index (χ4n) is 1.75. The highest BCUT2D eigenvalue weighted by Crippen LogP contribution is 2.26. The van der Waals surface area contributed by atoms with Crippen molar-refractivity contribution in [1.29, 1.82) is 0 Å². The minimum atomic E-state index is -0.830. The molecule has 88 valence electrons. The van der Waals surface area contributed by atoms with Crippen molar-refractivity contribution in [3.8, 4) is 0 Å². The predicted molar refractivity (Wildman–Crippen MR) is 66.4 cm³/mol. The maximum absolute atomic E-state index is 10.3. The van der Waals surface area contributed by atoms with Crippen LogP contribution in [0.2, 0.25) is 0 Å². The van der Waals surface area contributed by atoms with Crippen LogP contribution in [0.3, 0.4) is 0 Å². The summed E-state index contributed by atoms with van der Waals surface area (Å²) in [6, 6.07) is 5.58. The fourth-order valence-corrected chi connectivity index (χ4v) is 1.75. The first kappa shape index (κ1) is 11.5. The SMILES string of the molecule is Cc1cnc(N)c(C(O)c2ncccc2C)c1. The molecule has 3 N–H and O–H groups in total. The third-order valence-electron chi connectivity index (χ3n) is 2.69. The van der Waals surface area contributed by atoms with E-state index in [9.17, 15) is 5.11 Å². The van der Waals surface area contributed by atoms with Crippen LogP contribution in [-0.2, 0) is 0 Å². The standard InChI is InChI=1S/C13H15N3O/c1-8-6-10(13(14)16-7-8)12(17)11-9(2)4-3-5-15-11/h3-7,12,17H,1-2H3,(H2,14,16). The number of anilines is 1. The molecule has 0 aliphatic carbocycles. The van der Waals surface area contributed by atoms with Crippen LogP contribution in [0.1, 0.15) is 28.5 Å². The molecule has 1 unspecified atom stereocenters. The van der Waals surface area contributed by atoms with E-state index in [0.717, 1.165) is 11.1 Å². The van der Waals surface area contributed by atoms with Gasteiger partial charge in [-0.3, -0.25) is 4.98 Å². The van der Waals surface area contributed by atoms with Crippen molar-refractivity contribution in [2.75, 3.05) is 5.73 Å². The van der Waals surface area contributed by atoms with Gasteiger partial charge in [-0.05, 0) is 37.1 Å². The molecule has 2 aromatic rings. The summed E-state index contributed by atoms with van der Waals surface area (Å²) in [6.45, 7) is 3.82. The zero-order valence-corrected chi connectivity index (χ0v) is 9.88. The molecule has 0 aliphatic rings. The van der Waals surface area contributed by atoms with E-state index in [-0.39, 0.29) is 0 Å². The van der Waals surface area contributed by atoms with E-state index in [0.29, 0.717) is 17.1 Å². The summed E-state index contributed by atoms with van der Waals surface area (Å²) in [5, 5.41) is 10.3. The molecule has 0 fully saturated rings. The number of pyridine rings is 2. The van der Waals surface area contributed by atoms with Crippen molar-refractivity contribution in [2.45, 2.75) is 20.0 Å². The van der Waals surface area contributed by atoms with Gasteiger partial charge in [-0.2, -0.15) is 0 Å². The van der Waals surface area contributed by atoms with Crippen molar-refractivity contribution in [1.82, 2.24) is 9.97 Å². The number of hydrogen-bond acceptors (Lipinski definition) is 4. The molecule has 0 bridgehead atoms. The topological polar surface area (TPSA) is 72.0 Å². The van der Waals surface area contributed by atoms with E-state index in [1.807, 2.05) is 32.0 Å². The second-order valence-corrected chi connectivity index (χ2v) is 4.10. The van der Waals surface area contributed by atoms with Gasteiger partial charge in [0.15, 0.2) is 0 Å². The van der Waals surface area contributed by atoms with Crippen LogP contribution in [0.4, 0.5) is 5.82 Å². The number of rotatable bonds is 2. The van der Waals surface area contributed by atoms with Gasteiger partial charge >= 0.3 is 0 Å². The summed E-state index contributed by atoms with van der Waals surface area (Å²) in [6.07, 6.45) is 2.51. The van der Waals surface area contributed by atoms with Crippen LogP contribution in [0.25, 0.3) is 0 Å². The van der Waals surface area contributed by atoms with Gasteiger partial charge in [0.1, 0.15) is 11.9 Å². The first-order chi connectivity index (χ1) is 8.09. The van der Waals surface area contributed by atoms with Gasteiger partial charge in [0.2, 0.25) is 0 Å². The highest BCUT2D eigenvalue weighted by atomic mass is 16.3. The molecule has 4 heteroatoms. The van der Waals surface area contributed by atoms with Gasteiger partial charge in [0.05, 0.1) is 5.69 Å². The quantitative estimate of drug-likeness (QED) is 0.823. The Morgan fingerprint density at radius 3 is 2.76 bits per heavy atom. The second-order valence-electron chi connectivity index (χ2n) is 4.10. The van der Waals surface area contributed by atoms with E-state index >= 15 is 0 Å². The minimum absolute atomic E-state index is 0.341. The summed E-state index contributed by atoms with van der Waals surface area (Å²) in [5.74, 6) is 0.341. The van der Waals surface area contributed by atoms with Crippen molar-refractivity contribution in [3.05, 3.63) is 53.0 Å². The highest BCUT2D eigenvalue weighted by Gasteiger charge is 2.17. The average molecular weight is 229 g/mol. The number of nitrogen functional groups attached to an aromatic ring is 1. The Morgan fingerprint density at radius 1 is 1.29 bits per heavy atom. The van der Waals surface area contributed by atoms with Gasteiger partial charge in [-0.1, -0.05) is 6.07 Å². The number of aryl methyl sites for hydroxylation is 2. The number of nitrogens with zero attached hydrogens (tertiary/aromatic N) is 2.